The second-order valence-electron chi connectivity index (χ2n) is 6.76. The van der Waals surface area contributed by atoms with Crippen molar-refractivity contribution in [1.82, 2.24) is 5.32 Å². The maximum Gasteiger partial charge on any atom is 0.305 e. The Bertz CT molecular complexity index is 847. The van der Waals surface area contributed by atoms with Gasteiger partial charge >= 0.3 is 5.97 Å². The minimum atomic E-state index is -1.00. The van der Waals surface area contributed by atoms with Crippen LogP contribution in [0.2, 0.25) is 0 Å². The van der Waals surface area contributed by atoms with Gasteiger partial charge < -0.3 is 19.9 Å². The molecule has 0 radical (unpaired) electrons. The number of hydrogen-bond donors (Lipinski definition) is 2. The van der Waals surface area contributed by atoms with E-state index in [1.165, 1.54) is 19.8 Å². The summed E-state index contributed by atoms with van der Waals surface area (Å²) in [5.41, 5.74) is 4.04. The van der Waals surface area contributed by atoms with Gasteiger partial charge in [0.15, 0.2) is 0 Å². The monoisotopic (exact) mass is 385 g/mol. The van der Waals surface area contributed by atoms with Crippen molar-refractivity contribution in [3.05, 3.63) is 58.7 Å². The second kappa shape index (κ2) is 9.78. The van der Waals surface area contributed by atoms with Crippen LogP contribution in [0.25, 0.3) is 0 Å². The van der Waals surface area contributed by atoms with E-state index < -0.39 is 12.0 Å². The van der Waals surface area contributed by atoms with Crippen LogP contribution in [0.4, 0.5) is 0 Å². The van der Waals surface area contributed by atoms with E-state index in [0.29, 0.717) is 23.5 Å². The number of carbonyl (C=O) groups is 2. The summed E-state index contributed by atoms with van der Waals surface area (Å²) in [5, 5.41) is 12.1. The van der Waals surface area contributed by atoms with Crippen molar-refractivity contribution in [1.29, 1.82) is 0 Å². The van der Waals surface area contributed by atoms with Crippen molar-refractivity contribution in [2.75, 3.05) is 14.2 Å². The number of hydrogen-bond acceptors (Lipinski definition) is 4. The first kappa shape index (κ1) is 21.3. The summed E-state index contributed by atoms with van der Waals surface area (Å²) < 4.78 is 10.5. The van der Waals surface area contributed by atoms with Crippen LogP contribution in [-0.2, 0) is 16.0 Å². The number of rotatable bonds is 9. The number of aliphatic carboxylic acids is 1. The van der Waals surface area contributed by atoms with Crippen LogP contribution in [0.15, 0.2) is 36.4 Å². The Morgan fingerprint density at radius 2 is 1.82 bits per heavy atom. The minimum absolute atomic E-state index is 0.205. The molecular weight excluding hydrogens is 358 g/mol. The predicted molar refractivity (Wildman–Crippen MR) is 107 cm³/mol. The quantitative estimate of drug-likeness (QED) is 0.689. The Morgan fingerprint density at radius 1 is 1.07 bits per heavy atom. The molecule has 28 heavy (non-hydrogen) atoms. The van der Waals surface area contributed by atoms with Gasteiger partial charge in [0, 0.05) is 18.1 Å². The molecule has 0 saturated carbocycles. The van der Waals surface area contributed by atoms with E-state index in [-0.39, 0.29) is 18.7 Å². The number of aryl methyl sites for hydroxylation is 3. The van der Waals surface area contributed by atoms with Crippen molar-refractivity contribution >= 4 is 11.9 Å². The molecule has 2 N–H and O–H groups in total. The lowest BCUT2D eigenvalue weighted by atomic mass is 10.00. The second-order valence-corrected chi connectivity index (χ2v) is 6.76. The summed E-state index contributed by atoms with van der Waals surface area (Å²) in [4.78, 5) is 23.8. The van der Waals surface area contributed by atoms with Gasteiger partial charge in [0.1, 0.15) is 11.5 Å². The third kappa shape index (κ3) is 5.74. The Labute approximate surface area is 165 Å². The zero-order chi connectivity index (χ0) is 20.7. The van der Waals surface area contributed by atoms with Gasteiger partial charge in [-0.25, -0.2) is 0 Å². The molecule has 0 aliphatic heterocycles. The van der Waals surface area contributed by atoms with E-state index in [2.05, 4.69) is 11.4 Å². The molecule has 0 fully saturated rings. The van der Waals surface area contributed by atoms with E-state index >= 15 is 0 Å². The predicted octanol–water partition coefficient (Wildman–Crippen LogP) is 3.59. The fraction of sp³-hybridized carbons (Fsp3) is 0.364. The SMILES string of the molecule is COc1ccc(C(CC(=O)O)NC(=O)CCc2ccc(C)cc2C)c(OC)c1. The molecule has 150 valence electrons. The molecule has 1 atom stereocenters. The van der Waals surface area contributed by atoms with E-state index in [9.17, 15) is 14.7 Å². The maximum atomic E-state index is 12.5. The summed E-state index contributed by atoms with van der Waals surface area (Å²) in [7, 11) is 3.04. The standard InChI is InChI=1S/C22H27NO5/c1-14-5-6-16(15(2)11-14)7-10-21(24)23-19(13-22(25)26)18-9-8-17(27-3)12-20(18)28-4/h5-6,8-9,11-12,19H,7,10,13H2,1-4H3,(H,23,24)(H,25,26). The summed E-state index contributed by atoms with van der Waals surface area (Å²) in [6, 6.07) is 10.6. The van der Waals surface area contributed by atoms with Crippen LogP contribution in [0.1, 0.15) is 41.1 Å². The van der Waals surface area contributed by atoms with Crippen molar-refractivity contribution in [3.8, 4) is 11.5 Å². The molecule has 0 heterocycles. The van der Waals surface area contributed by atoms with Crippen LogP contribution in [-0.4, -0.2) is 31.2 Å². The number of ether oxygens (including phenoxy) is 2. The van der Waals surface area contributed by atoms with E-state index in [0.717, 1.165) is 11.1 Å². The molecule has 2 aromatic carbocycles. The number of carboxylic acid groups (broad SMARTS) is 1. The average molecular weight is 385 g/mol. The van der Waals surface area contributed by atoms with Crippen LogP contribution in [0.5, 0.6) is 11.5 Å². The molecule has 2 aromatic rings. The van der Waals surface area contributed by atoms with Gasteiger partial charge in [-0.2, -0.15) is 0 Å². The molecular formula is C22H27NO5. The molecule has 0 aliphatic carbocycles. The Morgan fingerprint density at radius 3 is 2.43 bits per heavy atom. The highest BCUT2D eigenvalue weighted by Gasteiger charge is 2.22. The lowest BCUT2D eigenvalue weighted by Crippen LogP contribution is -2.30. The van der Waals surface area contributed by atoms with Gasteiger partial charge in [0.25, 0.3) is 0 Å². The van der Waals surface area contributed by atoms with Gasteiger partial charge in [0.2, 0.25) is 5.91 Å². The molecule has 0 bridgehead atoms. The molecule has 6 heteroatoms. The van der Waals surface area contributed by atoms with Crippen LogP contribution < -0.4 is 14.8 Å². The number of carboxylic acids is 1. The van der Waals surface area contributed by atoms with Gasteiger partial charge in [-0.3, -0.25) is 9.59 Å². The number of carbonyl (C=O) groups excluding carboxylic acids is 1. The van der Waals surface area contributed by atoms with Gasteiger partial charge in [-0.1, -0.05) is 23.8 Å². The number of nitrogens with one attached hydrogen (secondary N) is 1. The molecule has 0 spiro atoms. The Hall–Kier alpha value is -3.02. The summed E-state index contributed by atoms with van der Waals surface area (Å²) in [6.45, 7) is 4.05. The normalized spacial score (nSPS) is 11.6. The first-order valence-electron chi connectivity index (χ1n) is 9.13. The third-order valence-corrected chi connectivity index (χ3v) is 4.65. The minimum Gasteiger partial charge on any atom is -0.497 e. The summed E-state index contributed by atoms with van der Waals surface area (Å²) in [6.07, 6.45) is 0.633. The van der Waals surface area contributed by atoms with Crippen LogP contribution in [0.3, 0.4) is 0 Å². The van der Waals surface area contributed by atoms with Gasteiger partial charge in [-0.05, 0) is 43.5 Å². The zero-order valence-corrected chi connectivity index (χ0v) is 16.7. The van der Waals surface area contributed by atoms with Crippen LogP contribution in [0, 0.1) is 13.8 Å². The third-order valence-electron chi connectivity index (χ3n) is 4.65. The topological polar surface area (TPSA) is 84.9 Å². The summed E-state index contributed by atoms with van der Waals surface area (Å²) in [5.74, 6) is -0.141. The van der Waals surface area contributed by atoms with E-state index in [1.807, 2.05) is 26.0 Å². The fourth-order valence-corrected chi connectivity index (χ4v) is 3.16. The number of amides is 1. The van der Waals surface area contributed by atoms with Crippen molar-refractivity contribution in [3.63, 3.8) is 0 Å². The Balaban J connectivity index is 2.13. The number of methoxy groups -OCH3 is 2. The Kier molecular flexibility index (Phi) is 7.44. The lowest BCUT2D eigenvalue weighted by Gasteiger charge is -2.20. The molecule has 1 unspecified atom stereocenters. The molecule has 1 amide bonds. The summed E-state index contributed by atoms with van der Waals surface area (Å²) >= 11 is 0. The molecule has 0 saturated heterocycles. The first-order valence-corrected chi connectivity index (χ1v) is 9.13. The van der Waals surface area contributed by atoms with E-state index in [4.69, 9.17) is 9.47 Å². The highest BCUT2D eigenvalue weighted by atomic mass is 16.5. The maximum absolute atomic E-state index is 12.5. The van der Waals surface area contributed by atoms with Gasteiger partial charge in [-0.15, -0.1) is 0 Å². The van der Waals surface area contributed by atoms with Crippen molar-refractivity contribution in [2.24, 2.45) is 0 Å². The highest BCUT2D eigenvalue weighted by molar-refractivity contribution is 5.78. The largest absolute Gasteiger partial charge is 0.497 e. The fourth-order valence-electron chi connectivity index (χ4n) is 3.16. The smallest absolute Gasteiger partial charge is 0.305 e. The van der Waals surface area contributed by atoms with E-state index in [1.54, 1.807) is 18.2 Å². The molecule has 0 aliphatic rings. The lowest BCUT2D eigenvalue weighted by molar-refractivity contribution is -0.137. The molecule has 2 rings (SSSR count). The average Bonchev–Trinajstić information content (AvgIpc) is 2.65. The van der Waals surface area contributed by atoms with Crippen molar-refractivity contribution in [2.45, 2.75) is 39.2 Å². The molecule has 0 aromatic heterocycles. The van der Waals surface area contributed by atoms with Gasteiger partial charge in [0.05, 0.1) is 26.7 Å². The highest BCUT2D eigenvalue weighted by Crippen LogP contribution is 2.31. The van der Waals surface area contributed by atoms with Crippen LogP contribution >= 0.6 is 0 Å². The number of benzene rings is 2. The zero-order valence-electron chi connectivity index (χ0n) is 16.7. The first-order chi connectivity index (χ1) is 13.3. The van der Waals surface area contributed by atoms with Crippen molar-refractivity contribution < 1.29 is 24.2 Å². The molecule has 6 nitrogen and oxygen atoms in total.